The number of carboxylic acids is 3. The fourth-order valence-corrected chi connectivity index (χ4v) is 1.75. The Labute approximate surface area is 133 Å². The first kappa shape index (κ1) is 18.8. The minimum Gasteiger partial charge on any atom is -0.481 e. The molecule has 0 atom stereocenters. The van der Waals surface area contributed by atoms with E-state index in [4.69, 9.17) is 20.4 Å². The SMILES string of the molecule is O=C(O)CC(O)(CC(=O)O)C(=O)O.O=C1OC(=O)c2ccccc21. The van der Waals surface area contributed by atoms with Crippen LogP contribution in [0, 0.1) is 0 Å². The van der Waals surface area contributed by atoms with E-state index in [1.165, 1.54) is 0 Å². The molecule has 10 nitrogen and oxygen atoms in total. The van der Waals surface area contributed by atoms with E-state index < -0.39 is 48.3 Å². The predicted octanol–water partition coefficient (Wildman–Crippen LogP) is -0.251. The number of fused-ring (bicyclic) bond motifs is 1. The van der Waals surface area contributed by atoms with Crippen LogP contribution in [0.1, 0.15) is 33.6 Å². The summed E-state index contributed by atoms with van der Waals surface area (Å²) in [6.07, 6.45) is -2.29. The van der Waals surface area contributed by atoms with E-state index in [0.717, 1.165) is 0 Å². The van der Waals surface area contributed by atoms with Crippen molar-refractivity contribution >= 4 is 29.8 Å². The molecule has 1 heterocycles. The molecule has 0 unspecified atom stereocenters. The number of aliphatic carboxylic acids is 3. The van der Waals surface area contributed by atoms with Gasteiger partial charge in [0.25, 0.3) is 0 Å². The highest BCUT2D eigenvalue weighted by atomic mass is 16.6. The third-order valence-corrected chi connectivity index (χ3v) is 2.84. The van der Waals surface area contributed by atoms with Crippen LogP contribution in [0.2, 0.25) is 0 Å². The van der Waals surface area contributed by atoms with Gasteiger partial charge in [-0.2, -0.15) is 0 Å². The van der Waals surface area contributed by atoms with Gasteiger partial charge >= 0.3 is 29.8 Å². The monoisotopic (exact) mass is 340 g/mol. The van der Waals surface area contributed by atoms with Crippen LogP contribution in [0.3, 0.4) is 0 Å². The standard InChI is InChI=1S/C8H4O3.C6H8O7/c9-7-5-3-1-2-4-6(5)8(10)11-7;7-3(8)1-6(13,5(11)12)2-4(9)10/h1-4H;13H,1-2H2,(H,7,8)(H,9,10)(H,11,12). The first-order valence-electron chi connectivity index (χ1n) is 6.31. The molecule has 1 aromatic rings. The van der Waals surface area contributed by atoms with Crippen LogP contribution in [0.5, 0.6) is 0 Å². The molecule has 10 heteroatoms. The second-order valence-electron chi connectivity index (χ2n) is 4.70. The van der Waals surface area contributed by atoms with Crippen molar-refractivity contribution in [3.05, 3.63) is 35.4 Å². The van der Waals surface area contributed by atoms with Crippen molar-refractivity contribution in [2.45, 2.75) is 18.4 Å². The number of benzene rings is 1. The molecular formula is C14H12O10. The Morgan fingerprint density at radius 1 is 0.875 bits per heavy atom. The van der Waals surface area contributed by atoms with Gasteiger partial charge in [0, 0.05) is 0 Å². The fourth-order valence-electron chi connectivity index (χ4n) is 1.75. The minimum absolute atomic E-state index is 0.359. The second-order valence-corrected chi connectivity index (χ2v) is 4.70. The summed E-state index contributed by atoms with van der Waals surface area (Å²) in [7, 11) is 0. The van der Waals surface area contributed by atoms with E-state index in [1.807, 2.05) is 0 Å². The Balaban J connectivity index is 0.000000242. The van der Waals surface area contributed by atoms with Crippen LogP contribution in [0.4, 0.5) is 0 Å². The van der Waals surface area contributed by atoms with E-state index in [2.05, 4.69) is 4.74 Å². The van der Waals surface area contributed by atoms with Crippen molar-refractivity contribution in [1.82, 2.24) is 0 Å². The predicted molar refractivity (Wildman–Crippen MR) is 73.3 cm³/mol. The Bertz CT molecular complexity index is 656. The van der Waals surface area contributed by atoms with Crippen molar-refractivity contribution in [3.8, 4) is 0 Å². The summed E-state index contributed by atoms with van der Waals surface area (Å²) in [5.41, 5.74) is -2.02. The normalized spacial score (nSPS) is 12.5. The number of cyclic esters (lactones) is 2. The number of rotatable bonds is 5. The van der Waals surface area contributed by atoms with Gasteiger partial charge in [-0.05, 0) is 12.1 Å². The van der Waals surface area contributed by atoms with Crippen LogP contribution in [-0.2, 0) is 19.1 Å². The third kappa shape index (κ3) is 4.61. The number of aliphatic hydroxyl groups is 1. The first-order valence-corrected chi connectivity index (χ1v) is 6.31. The van der Waals surface area contributed by atoms with Gasteiger partial charge in [0.15, 0.2) is 5.60 Å². The maximum Gasteiger partial charge on any atom is 0.346 e. The lowest BCUT2D eigenvalue weighted by molar-refractivity contribution is -0.170. The molecule has 0 aliphatic carbocycles. The summed E-state index contributed by atoms with van der Waals surface area (Å²) in [4.78, 5) is 52.2. The van der Waals surface area contributed by atoms with Crippen LogP contribution in [-0.4, -0.2) is 55.9 Å². The van der Waals surface area contributed by atoms with Crippen molar-refractivity contribution in [1.29, 1.82) is 0 Å². The van der Waals surface area contributed by atoms with Crippen molar-refractivity contribution in [2.24, 2.45) is 0 Å². The highest BCUT2D eigenvalue weighted by molar-refractivity contribution is 6.14. The van der Waals surface area contributed by atoms with Crippen LogP contribution in [0.15, 0.2) is 24.3 Å². The van der Waals surface area contributed by atoms with Gasteiger partial charge in [0.2, 0.25) is 0 Å². The number of carboxylic acid groups (broad SMARTS) is 3. The quantitative estimate of drug-likeness (QED) is 0.413. The largest absolute Gasteiger partial charge is 0.481 e. The van der Waals surface area contributed by atoms with E-state index in [-0.39, 0.29) is 0 Å². The molecule has 0 aromatic heterocycles. The van der Waals surface area contributed by atoms with E-state index in [9.17, 15) is 24.0 Å². The smallest absolute Gasteiger partial charge is 0.346 e. The molecule has 0 saturated carbocycles. The number of carbonyl (C=O) groups excluding carboxylic acids is 2. The summed E-state index contributed by atoms with van der Waals surface area (Å²) in [5, 5.41) is 33.8. The van der Waals surface area contributed by atoms with E-state index >= 15 is 0 Å². The third-order valence-electron chi connectivity index (χ3n) is 2.84. The molecule has 0 radical (unpaired) electrons. The maximum absolute atomic E-state index is 10.8. The van der Waals surface area contributed by atoms with Gasteiger partial charge in [-0.3, -0.25) is 9.59 Å². The van der Waals surface area contributed by atoms with Gasteiger partial charge in [0.1, 0.15) is 0 Å². The first-order chi connectivity index (χ1) is 11.1. The van der Waals surface area contributed by atoms with Crippen molar-refractivity contribution in [3.63, 3.8) is 0 Å². The Morgan fingerprint density at radius 3 is 1.54 bits per heavy atom. The van der Waals surface area contributed by atoms with Gasteiger partial charge in [-0.1, -0.05) is 12.1 Å². The molecule has 1 aliphatic heterocycles. The van der Waals surface area contributed by atoms with Crippen molar-refractivity contribution in [2.75, 3.05) is 0 Å². The second kappa shape index (κ2) is 7.33. The molecule has 0 bridgehead atoms. The van der Waals surface area contributed by atoms with Crippen molar-refractivity contribution < 1.29 is 49.1 Å². The fraction of sp³-hybridized carbons (Fsp3) is 0.214. The van der Waals surface area contributed by atoms with E-state index in [1.54, 1.807) is 24.3 Å². The van der Waals surface area contributed by atoms with Gasteiger partial charge < -0.3 is 25.2 Å². The van der Waals surface area contributed by atoms with Gasteiger partial charge in [-0.15, -0.1) is 0 Å². The van der Waals surface area contributed by atoms with Gasteiger partial charge in [-0.25, -0.2) is 14.4 Å². The maximum atomic E-state index is 10.8. The minimum atomic E-state index is -2.74. The number of hydrogen-bond donors (Lipinski definition) is 4. The topological polar surface area (TPSA) is 175 Å². The summed E-state index contributed by atoms with van der Waals surface area (Å²) in [6.45, 7) is 0. The average molecular weight is 340 g/mol. The van der Waals surface area contributed by atoms with Crippen LogP contribution in [0.25, 0.3) is 0 Å². The Morgan fingerprint density at radius 2 is 1.25 bits per heavy atom. The molecule has 24 heavy (non-hydrogen) atoms. The zero-order valence-electron chi connectivity index (χ0n) is 12.0. The summed E-state index contributed by atoms with van der Waals surface area (Å²) < 4.78 is 4.35. The number of esters is 2. The molecule has 0 amide bonds. The van der Waals surface area contributed by atoms with Gasteiger partial charge in [0.05, 0.1) is 24.0 Å². The number of carbonyl (C=O) groups is 5. The molecule has 4 N–H and O–H groups in total. The highest BCUT2D eigenvalue weighted by Gasteiger charge is 2.40. The number of hydrogen-bond acceptors (Lipinski definition) is 7. The molecule has 0 fully saturated rings. The summed E-state index contributed by atoms with van der Waals surface area (Å²) >= 11 is 0. The van der Waals surface area contributed by atoms with Crippen LogP contribution >= 0.6 is 0 Å². The average Bonchev–Trinajstić information content (AvgIpc) is 2.73. The molecular weight excluding hydrogens is 328 g/mol. The lowest BCUT2D eigenvalue weighted by Crippen LogP contribution is -2.42. The summed E-state index contributed by atoms with van der Waals surface area (Å²) in [6, 6.07) is 6.53. The highest BCUT2D eigenvalue weighted by Crippen LogP contribution is 2.18. The zero-order valence-corrected chi connectivity index (χ0v) is 12.0. The molecule has 1 aliphatic rings. The molecule has 0 spiro atoms. The molecule has 1 aromatic carbocycles. The van der Waals surface area contributed by atoms with Crippen LogP contribution < -0.4 is 0 Å². The van der Waals surface area contributed by atoms with E-state index in [0.29, 0.717) is 11.1 Å². The summed E-state index contributed by atoms with van der Waals surface area (Å²) in [5.74, 6) is -6.12. The molecule has 0 saturated heterocycles. The molecule has 2 rings (SSSR count). The lowest BCUT2D eigenvalue weighted by Gasteiger charge is -2.18. The lowest BCUT2D eigenvalue weighted by atomic mass is 9.96. The zero-order chi connectivity index (χ0) is 18.5. The Hall–Kier alpha value is -3.27. The molecule has 128 valence electrons. The number of ether oxygens (including phenoxy) is 1. The Kier molecular flexibility index (Phi) is 5.73.